The van der Waals surface area contributed by atoms with Crippen LogP contribution in [0, 0.1) is 11.3 Å². The van der Waals surface area contributed by atoms with Crippen molar-refractivity contribution in [3.8, 4) is 6.07 Å². The molecule has 2 atom stereocenters. The number of pyridine rings is 1. The largest absolute Gasteiger partial charge is 0.367 e. The molecule has 0 aromatic carbocycles. The molecule has 3 nitrogen and oxygen atoms in total. The van der Waals surface area contributed by atoms with Crippen LogP contribution in [0.1, 0.15) is 31.2 Å². The first-order valence-electron chi connectivity index (χ1n) is 5.97. The van der Waals surface area contributed by atoms with Gasteiger partial charge >= 0.3 is 0 Å². The highest BCUT2D eigenvalue weighted by molar-refractivity contribution is 7.99. The number of thioether (sulfide) groups is 1. The number of nitriles is 1. The van der Waals surface area contributed by atoms with Crippen molar-refractivity contribution < 1.29 is 0 Å². The molecule has 0 radical (unpaired) electrons. The molecule has 1 aliphatic rings. The zero-order valence-electron chi connectivity index (χ0n) is 10.0. The molecule has 1 N–H and O–H groups in total. The second-order valence-electron chi connectivity index (χ2n) is 4.41. The highest BCUT2D eigenvalue weighted by Crippen LogP contribution is 2.28. The van der Waals surface area contributed by atoms with Gasteiger partial charge in [0.05, 0.1) is 11.6 Å². The Morgan fingerprint density at radius 2 is 2.41 bits per heavy atom. The van der Waals surface area contributed by atoms with Gasteiger partial charge in [-0.3, -0.25) is 0 Å². The standard InChI is InChI=1S/C13H17N3S/c1-17-12-4-2-3-11(8-12)16-13-7-10(9-14)5-6-15-13/h5-7,11-12H,2-4,8H2,1H3,(H,15,16). The first kappa shape index (κ1) is 12.3. The molecule has 0 spiro atoms. The molecule has 0 bridgehead atoms. The number of anilines is 1. The van der Waals surface area contributed by atoms with Gasteiger partial charge in [0.25, 0.3) is 0 Å². The Kier molecular flexibility index (Phi) is 4.27. The van der Waals surface area contributed by atoms with E-state index in [0.29, 0.717) is 11.6 Å². The van der Waals surface area contributed by atoms with Crippen molar-refractivity contribution in [3.63, 3.8) is 0 Å². The van der Waals surface area contributed by atoms with Crippen molar-refractivity contribution in [2.45, 2.75) is 37.0 Å². The monoisotopic (exact) mass is 247 g/mol. The zero-order valence-corrected chi connectivity index (χ0v) is 10.8. The van der Waals surface area contributed by atoms with Crippen molar-refractivity contribution in [2.24, 2.45) is 0 Å². The molecule has 2 unspecified atom stereocenters. The number of hydrogen-bond donors (Lipinski definition) is 1. The normalized spacial score (nSPS) is 24.0. The van der Waals surface area contributed by atoms with Crippen LogP contribution in [0.25, 0.3) is 0 Å². The number of nitrogens with zero attached hydrogens (tertiary/aromatic N) is 2. The molecule has 4 heteroatoms. The van der Waals surface area contributed by atoms with E-state index in [1.807, 2.05) is 17.8 Å². The molecule has 1 fully saturated rings. The van der Waals surface area contributed by atoms with E-state index in [-0.39, 0.29) is 0 Å². The Balaban J connectivity index is 1.98. The first-order chi connectivity index (χ1) is 8.31. The van der Waals surface area contributed by atoms with Gasteiger partial charge in [-0.05, 0) is 37.7 Å². The summed E-state index contributed by atoms with van der Waals surface area (Å²) in [6.45, 7) is 0. The van der Waals surface area contributed by atoms with Crippen LogP contribution in [0.2, 0.25) is 0 Å². The topological polar surface area (TPSA) is 48.7 Å². The minimum atomic E-state index is 0.502. The fourth-order valence-corrected chi connectivity index (χ4v) is 3.11. The van der Waals surface area contributed by atoms with Crippen molar-refractivity contribution in [1.82, 2.24) is 4.98 Å². The molecule has 90 valence electrons. The molecule has 1 aromatic heterocycles. The van der Waals surface area contributed by atoms with Crippen molar-refractivity contribution >= 4 is 17.6 Å². The van der Waals surface area contributed by atoms with Crippen molar-refractivity contribution in [2.75, 3.05) is 11.6 Å². The van der Waals surface area contributed by atoms with E-state index in [4.69, 9.17) is 5.26 Å². The minimum Gasteiger partial charge on any atom is -0.367 e. The average molecular weight is 247 g/mol. The Morgan fingerprint density at radius 1 is 1.53 bits per heavy atom. The van der Waals surface area contributed by atoms with Gasteiger partial charge in [0.1, 0.15) is 5.82 Å². The molecule has 1 aromatic rings. The van der Waals surface area contributed by atoms with E-state index in [9.17, 15) is 0 Å². The predicted molar refractivity (Wildman–Crippen MR) is 72.1 cm³/mol. The average Bonchev–Trinajstić information content (AvgIpc) is 2.39. The van der Waals surface area contributed by atoms with Crippen molar-refractivity contribution in [3.05, 3.63) is 23.9 Å². The van der Waals surface area contributed by atoms with Gasteiger partial charge < -0.3 is 5.32 Å². The molecule has 1 heterocycles. The smallest absolute Gasteiger partial charge is 0.127 e. The van der Waals surface area contributed by atoms with E-state index in [1.54, 1.807) is 12.3 Å². The van der Waals surface area contributed by atoms with Crippen LogP contribution in [0.15, 0.2) is 18.3 Å². The molecule has 1 saturated carbocycles. The third-order valence-electron chi connectivity index (χ3n) is 3.20. The molecule has 2 rings (SSSR count). The third kappa shape index (κ3) is 3.37. The Bertz CT molecular complexity index is 413. The van der Waals surface area contributed by atoms with Crippen molar-refractivity contribution in [1.29, 1.82) is 5.26 Å². The molecule has 1 aliphatic carbocycles. The number of hydrogen-bond acceptors (Lipinski definition) is 4. The predicted octanol–water partition coefficient (Wildman–Crippen LogP) is 3.04. The van der Waals surface area contributed by atoms with Gasteiger partial charge in [-0.15, -0.1) is 0 Å². The quantitative estimate of drug-likeness (QED) is 0.892. The first-order valence-corrected chi connectivity index (χ1v) is 7.26. The maximum atomic E-state index is 8.84. The summed E-state index contributed by atoms with van der Waals surface area (Å²) in [5.41, 5.74) is 0.666. The summed E-state index contributed by atoms with van der Waals surface area (Å²) < 4.78 is 0. The summed E-state index contributed by atoms with van der Waals surface area (Å²) >= 11 is 1.95. The van der Waals surface area contributed by atoms with E-state index in [0.717, 1.165) is 11.1 Å². The third-order valence-corrected chi connectivity index (χ3v) is 4.30. The Hall–Kier alpha value is -1.21. The van der Waals surface area contributed by atoms with Gasteiger partial charge in [-0.2, -0.15) is 17.0 Å². The molecular formula is C13H17N3S. The van der Waals surface area contributed by atoms with E-state index in [2.05, 4.69) is 22.6 Å². The summed E-state index contributed by atoms with van der Waals surface area (Å²) in [6, 6.07) is 6.20. The summed E-state index contributed by atoms with van der Waals surface area (Å²) in [7, 11) is 0. The van der Waals surface area contributed by atoms with Crippen LogP contribution in [0.3, 0.4) is 0 Å². The Morgan fingerprint density at radius 3 is 3.18 bits per heavy atom. The highest BCUT2D eigenvalue weighted by Gasteiger charge is 2.21. The Labute approximate surface area is 107 Å². The molecule has 17 heavy (non-hydrogen) atoms. The molecule has 0 saturated heterocycles. The van der Waals surface area contributed by atoms with Gasteiger partial charge in [-0.1, -0.05) is 6.42 Å². The van der Waals surface area contributed by atoms with Gasteiger partial charge in [-0.25, -0.2) is 4.98 Å². The summed E-state index contributed by atoms with van der Waals surface area (Å²) in [5.74, 6) is 0.829. The van der Waals surface area contributed by atoms with E-state index >= 15 is 0 Å². The molecular weight excluding hydrogens is 230 g/mol. The molecule has 0 aliphatic heterocycles. The minimum absolute atomic E-state index is 0.502. The van der Waals surface area contributed by atoms with Crippen LogP contribution < -0.4 is 5.32 Å². The lowest BCUT2D eigenvalue weighted by Crippen LogP contribution is -2.28. The lowest BCUT2D eigenvalue weighted by atomic mass is 9.95. The number of aromatic nitrogens is 1. The van der Waals surface area contributed by atoms with Crippen LogP contribution in [0.5, 0.6) is 0 Å². The number of rotatable bonds is 3. The fourth-order valence-electron chi connectivity index (χ4n) is 2.28. The fraction of sp³-hybridized carbons (Fsp3) is 0.538. The van der Waals surface area contributed by atoms with Crippen LogP contribution >= 0.6 is 11.8 Å². The highest BCUT2D eigenvalue weighted by atomic mass is 32.2. The number of nitrogens with one attached hydrogen (secondary N) is 1. The maximum Gasteiger partial charge on any atom is 0.127 e. The summed E-state index contributed by atoms with van der Waals surface area (Å²) in [6.07, 6.45) is 8.87. The zero-order chi connectivity index (χ0) is 12.1. The SMILES string of the molecule is CSC1CCCC(Nc2cc(C#N)ccn2)C1. The summed E-state index contributed by atoms with van der Waals surface area (Å²) in [5, 5.41) is 13.0. The van der Waals surface area contributed by atoms with Crippen LogP contribution in [0.4, 0.5) is 5.82 Å². The van der Waals surface area contributed by atoms with E-state index < -0.39 is 0 Å². The van der Waals surface area contributed by atoms with E-state index in [1.165, 1.54) is 25.7 Å². The van der Waals surface area contributed by atoms with Crippen LogP contribution in [-0.4, -0.2) is 22.5 Å². The maximum absolute atomic E-state index is 8.84. The van der Waals surface area contributed by atoms with Gasteiger partial charge in [0, 0.05) is 17.5 Å². The lowest BCUT2D eigenvalue weighted by molar-refractivity contribution is 0.473. The van der Waals surface area contributed by atoms with Gasteiger partial charge in [0.2, 0.25) is 0 Å². The second-order valence-corrected chi connectivity index (χ2v) is 5.55. The lowest BCUT2D eigenvalue weighted by Gasteiger charge is -2.29. The molecule has 0 amide bonds. The van der Waals surface area contributed by atoms with Gasteiger partial charge in [0.15, 0.2) is 0 Å². The van der Waals surface area contributed by atoms with Crippen LogP contribution in [-0.2, 0) is 0 Å². The second kappa shape index (κ2) is 5.92. The summed E-state index contributed by atoms with van der Waals surface area (Å²) in [4.78, 5) is 4.26.